The third-order valence-electron chi connectivity index (χ3n) is 2.17. The van der Waals surface area contributed by atoms with Gasteiger partial charge in [0.05, 0.1) is 22.5 Å². The van der Waals surface area contributed by atoms with Crippen molar-refractivity contribution in [3.8, 4) is 11.8 Å². The van der Waals surface area contributed by atoms with Crippen LogP contribution in [0, 0.1) is 11.3 Å². The van der Waals surface area contributed by atoms with Crippen LogP contribution < -0.4 is 10.1 Å². The zero-order valence-corrected chi connectivity index (χ0v) is 13.5. The summed E-state index contributed by atoms with van der Waals surface area (Å²) < 4.78 is 27.6. The SMILES string of the molecule is N#CCCNC(=O)COc1cc(Cl)c(S(=O)(=O)Cl)cc1Cl. The van der Waals surface area contributed by atoms with Gasteiger partial charge in [0, 0.05) is 23.3 Å². The van der Waals surface area contributed by atoms with Gasteiger partial charge in [-0.3, -0.25) is 4.79 Å². The number of rotatable bonds is 6. The highest BCUT2D eigenvalue weighted by molar-refractivity contribution is 8.13. The van der Waals surface area contributed by atoms with Gasteiger partial charge in [-0.05, 0) is 6.07 Å². The molecule has 0 aromatic heterocycles. The number of ether oxygens (including phenoxy) is 1. The van der Waals surface area contributed by atoms with Crippen LogP contribution in [0.15, 0.2) is 17.0 Å². The fourth-order valence-electron chi connectivity index (χ4n) is 1.26. The van der Waals surface area contributed by atoms with Gasteiger partial charge < -0.3 is 10.1 Å². The van der Waals surface area contributed by atoms with E-state index in [1.807, 2.05) is 6.07 Å². The number of amides is 1. The molecule has 0 saturated heterocycles. The van der Waals surface area contributed by atoms with Crippen LogP contribution in [-0.2, 0) is 13.8 Å². The number of hydrogen-bond donors (Lipinski definition) is 1. The molecule has 0 aliphatic heterocycles. The average molecular weight is 372 g/mol. The van der Waals surface area contributed by atoms with E-state index in [0.29, 0.717) is 0 Å². The highest BCUT2D eigenvalue weighted by atomic mass is 35.7. The molecule has 0 heterocycles. The first-order chi connectivity index (χ1) is 9.75. The van der Waals surface area contributed by atoms with Crippen LogP contribution in [0.2, 0.25) is 10.0 Å². The number of carbonyl (C=O) groups excluding carboxylic acids is 1. The molecule has 0 aliphatic carbocycles. The molecule has 0 aliphatic rings. The molecule has 114 valence electrons. The molecule has 1 rings (SSSR count). The summed E-state index contributed by atoms with van der Waals surface area (Å²) >= 11 is 11.6. The zero-order chi connectivity index (χ0) is 16.0. The largest absolute Gasteiger partial charge is 0.482 e. The second-order valence-corrected chi connectivity index (χ2v) is 7.05. The zero-order valence-electron chi connectivity index (χ0n) is 10.4. The summed E-state index contributed by atoms with van der Waals surface area (Å²) in [6.45, 7) is -0.148. The van der Waals surface area contributed by atoms with Crippen LogP contribution in [0.5, 0.6) is 5.75 Å². The van der Waals surface area contributed by atoms with Crippen LogP contribution in [0.3, 0.4) is 0 Å². The van der Waals surface area contributed by atoms with Crippen molar-refractivity contribution in [1.82, 2.24) is 5.32 Å². The van der Waals surface area contributed by atoms with Gasteiger partial charge in [-0.15, -0.1) is 0 Å². The third kappa shape index (κ3) is 5.59. The Morgan fingerprint density at radius 1 is 1.33 bits per heavy atom. The van der Waals surface area contributed by atoms with E-state index in [4.69, 9.17) is 43.9 Å². The van der Waals surface area contributed by atoms with Crippen molar-refractivity contribution >= 4 is 48.8 Å². The molecule has 21 heavy (non-hydrogen) atoms. The summed E-state index contributed by atoms with van der Waals surface area (Å²) in [5.41, 5.74) is 0. The molecule has 0 radical (unpaired) electrons. The second kappa shape index (κ2) is 7.71. The van der Waals surface area contributed by atoms with Gasteiger partial charge in [0.1, 0.15) is 10.6 Å². The highest BCUT2D eigenvalue weighted by Crippen LogP contribution is 2.34. The number of halogens is 3. The molecule has 0 fully saturated rings. The summed E-state index contributed by atoms with van der Waals surface area (Å²) in [6, 6.07) is 4.06. The molecule has 0 saturated carbocycles. The van der Waals surface area contributed by atoms with E-state index >= 15 is 0 Å². The van der Waals surface area contributed by atoms with E-state index < -0.39 is 15.0 Å². The van der Waals surface area contributed by atoms with E-state index in [2.05, 4.69) is 5.32 Å². The number of nitrogens with one attached hydrogen (secondary N) is 1. The lowest BCUT2D eigenvalue weighted by Crippen LogP contribution is -2.29. The average Bonchev–Trinajstić information content (AvgIpc) is 2.38. The maximum atomic E-state index is 11.4. The predicted octanol–water partition coefficient (Wildman–Crippen LogP) is 2.33. The molecule has 6 nitrogen and oxygen atoms in total. The number of nitrogens with zero attached hydrogens (tertiary/aromatic N) is 1. The maximum absolute atomic E-state index is 11.4. The van der Waals surface area contributed by atoms with Gasteiger partial charge in [-0.25, -0.2) is 8.42 Å². The summed E-state index contributed by atoms with van der Waals surface area (Å²) in [7, 11) is 1.16. The minimum atomic E-state index is -4.03. The maximum Gasteiger partial charge on any atom is 0.262 e. The molecular weight excluding hydrogens is 363 g/mol. The van der Waals surface area contributed by atoms with Crippen molar-refractivity contribution < 1.29 is 17.9 Å². The smallest absolute Gasteiger partial charge is 0.262 e. The van der Waals surface area contributed by atoms with Crippen molar-refractivity contribution in [2.75, 3.05) is 13.2 Å². The van der Waals surface area contributed by atoms with Crippen molar-refractivity contribution in [1.29, 1.82) is 5.26 Å². The lowest BCUT2D eigenvalue weighted by molar-refractivity contribution is -0.123. The van der Waals surface area contributed by atoms with Gasteiger partial charge in [0.25, 0.3) is 15.0 Å². The Bertz CT molecular complexity index is 685. The normalized spacial score (nSPS) is 10.8. The van der Waals surface area contributed by atoms with Crippen molar-refractivity contribution in [2.24, 2.45) is 0 Å². The van der Waals surface area contributed by atoms with E-state index in [1.54, 1.807) is 0 Å². The summed E-state index contributed by atoms with van der Waals surface area (Å²) in [5.74, 6) is -0.410. The molecular formula is C11H9Cl3N2O4S. The number of benzene rings is 1. The third-order valence-corrected chi connectivity index (χ3v) is 4.25. The van der Waals surface area contributed by atoms with E-state index in [1.165, 1.54) is 0 Å². The monoisotopic (exact) mass is 370 g/mol. The van der Waals surface area contributed by atoms with Crippen molar-refractivity contribution in [3.63, 3.8) is 0 Å². The van der Waals surface area contributed by atoms with Crippen molar-refractivity contribution in [2.45, 2.75) is 11.3 Å². The van der Waals surface area contributed by atoms with Gasteiger partial charge in [-0.2, -0.15) is 5.26 Å². The molecule has 0 bridgehead atoms. The Hall–Kier alpha value is -1.20. The van der Waals surface area contributed by atoms with Gasteiger partial charge in [-0.1, -0.05) is 23.2 Å². The van der Waals surface area contributed by atoms with Crippen LogP contribution in [-0.4, -0.2) is 27.5 Å². The second-order valence-electron chi connectivity index (χ2n) is 3.70. The quantitative estimate of drug-likeness (QED) is 0.611. The van der Waals surface area contributed by atoms with Crippen LogP contribution in [0.1, 0.15) is 6.42 Å². The molecule has 0 unspecified atom stereocenters. The number of hydrogen-bond acceptors (Lipinski definition) is 5. The molecule has 10 heteroatoms. The highest BCUT2D eigenvalue weighted by Gasteiger charge is 2.18. The van der Waals surface area contributed by atoms with Crippen LogP contribution >= 0.6 is 33.9 Å². The topological polar surface area (TPSA) is 96.3 Å². The van der Waals surface area contributed by atoms with E-state index in [-0.39, 0.29) is 40.3 Å². The lowest BCUT2D eigenvalue weighted by Gasteiger charge is -2.10. The fourth-order valence-corrected chi connectivity index (χ4v) is 3.05. The fraction of sp³-hybridized carbons (Fsp3) is 0.273. The Morgan fingerprint density at radius 3 is 2.57 bits per heavy atom. The lowest BCUT2D eigenvalue weighted by atomic mass is 10.3. The van der Waals surface area contributed by atoms with Crippen molar-refractivity contribution in [3.05, 3.63) is 22.2 Å². The number of carbonyl (C=O) groups is 1. The Morgan fingerprint density at radius 2 is 2.00 bits per heavy atom. The van der Waals surface area contributed by atoms with Gasteiger partial charge in [0.2, 0.25) is 0 Å². The first kappa shape index (κ1) is 17.9. The van der Waals surface area contributed by atoms with Gasteiger partial charge in [0.15, 0.2) is 6.61 Å². The number of nitriles is 1. The van der Waals surface area contributed by atoms with Crippen LogP contribution in [0.4, 0.5) is 0 Å². The minimum absolute atomic E-state index is 0.0427. The molecule has 1 aromatic rings. The Labute approximate surface area is 136 Å². The first-order valence-electron chi connectivity index (χ1n) is 5.46. The first-order valence-corrected chi connectivity index (χ1v) is 8.52. The van der Waals surface area contributed by atoms with Crippen LogP contribution in [0.25, 0.3) is 0 Å². The predicted molar refractivity (Wildman–Crippen MR) is 78.2 cm³/mol. The molecule has 0 spiro atoms. The minimum Gasteiger partial charge on any atom is -0.482 e. The molecule has 0 atom stereocenters. The van der Waals surface area contributed by atoms with E-state index in [9.17, 15) is 13.2 Å². The molecule has 1 aromatic carbocycles. The standard InChI is InChI=1S/C11H9Cl3N2O4S/c12-7-5-10(21(14,18)19)8(13)4-9(7)20-6-11(17)16-3-1-2-15/h4-5H,1,3,6H2,(H,16,17). The summed E-state index contributed by atoms with van der Waals surface area (Å²) in [6.07, 6.45) is 0.181. The van der Waals surface area contributed by atoms with Gasteiger partial charge >= 0.3 is 0 Å². The Balaban J connectivity index is 2.76. The summed E-state index contributed by atoms with van der Waals surface area (Å²) in [4.78, 5) is 11.0. The molecule has 1 N–H and O–H groups in total. The molecule has 1 amide bonds. The Kier molecular flexibility index (Phi) is 6.55. The van der Waals surface area contributed by atoms with E-state index in [0.717, 1.165) is 12.1 Å². The summed E-state index contributed by atoms with van der Waals surface area (Å²) in [5, 5.41) is 10.5.